The fourth-order valence-electron chi connectivity index (χ4n) is 0.524. The molecule has 0 aromatic heterocycles. The van der Waals surface area contributed by atoms with Crippen molar-refractivity contribution >= 4 is 0 Å². The van der Waals surface area contributed by atoms with Crippen molar-refractivity contribution < 1.29 is 32.1 Å². The van der Waals surface area contributed by atoms with Crippen LogP contribution in [0.25, 0.3) is 0 Å². The monoisotopic (exact) mass is 270 g/mol. The van der Waals surface area contributed by atoms with Crippen molar-refractivity contribution in [1.82, 2.24) is 0 Å². The Morgan fingerprint density at radius 3 is 1.65 bits per heavy atom. The van der Waals surface area contributed by atoms with Crippen LogP contribution in [0.1, 0.15) is 29.7 Å². The molecule has 0 bridgehead atoms. The summed E-state index contributed by atoms with van der Waals surface area (Å²) in [7, 11) is 0.593. The first kappa shape index (κ1) is 30.0. The van der Waals surface area contributed by atoms with Crippen LogP contribution in [0.5, 0.6) is 0 Å². The molecule has 0 radical (unpaired) electrons. The van der Waals surface area contributed by atoms with Crippen molar-refractivity contribution in [3.63, 3.8) is 0 Å². The van der Waals surface area contributed by atoms with Crippen molar-refractivity contribution in [2.75, 3.05) is 26.9 Å². The number of hydrogen-bond donors (Lipinski definition) is 1. The molecule has 0 saturated heterocycles. The maximum absolute atomic E-state index is 12.8. The van der Waals surface area contributed by atoms with E-state index in [9.17, 15) is 17.6 Å². The summed E-state index contributed by atoms with van der Waals surface area (Å²) in [6, 6.07) is 0. The van der Waals surface area contributed by atoms with Crippen LogP contribution in [-0.4, -0.2) is 44.1 Å². The zero-order valence-corrected chi connectivity index (χ0v) is 6.90. The number of halogens is 4. The van der Waals surface area contributed by atoms with Gasteiger partial charge in [-0.25, -0.2) is 0 Å². The van der Waals surface area contributed by atoms with Gasteiger partial charge in [-0.15, -0.1) is 0 Å². The maximum Gasteiger partial charge on any atom is 0.450 e. The lowest BCUT2D eigenvalue weighted by Crippen LogP contribution is -2.46. The molecule has 0 heterocycles. The zero-order valence-electron chi connectivity index (χ0n) is 6.90. The molecule has 0 aliphatic rings. The topological polar surface area (TPSA) is 38.7 Å². The first-order valence-corrected chi connectivity index (χ1v) is 3.37. The van der Waals surface area contributed by atoms with Crippen LogP contribution in [0.3, 0.4) is 0 Å². The van der Waals surface area contributed by atoms with Gasteiger partial charge in [0.05, 0.1) is 13.2 Å². The van der Waals surface area contributed by atoms with E-state index in [4.69, 9.17) is 5.11 Å². The fraction of sp³-hybridized carbons (Fsp3) is 1.00. The average molecular weight is 270 g/mol. The lowest BCUT2D eigenvalue weighted by Gasteiger charge is -2.25. The number of ether oxygens (including phenoxy) is 2. The summed E-state index contributed by atoms with van der Waals surface area (Å²) in [5, 5.41) is 8.17. The minimum atomic E-state index is -5.14. The number of aliphatic hydroxyl groups is 1. The van der Waals surface area contributed by atoms with Crippen molar-refractivity contribution in [2.45, 2.75) is 41.7 Å². The summed E-state index contributed by atoms with van der Waals surface area (Å²) in [6.45, 7) is -2.13. The summed E-state index contributed by atoms with van der Waals surface area (Å²) in [5.74, 6) is -3.80. The number of hydrogen-bond acceptors (Lipinski definition) is 3. The van der Waals surface area contributed by atoms with Crippen LogP contribution >= 0.6 is 0 Å². The van der Waals surface area contributed by atoms with E-state index in [-0.39, 0.29) is 36.3 Å². The third kappa shape index (κ3) is 9.31. The first-order chi connectivity index (χ1) is 5.87. The molecular formula is C10H26F4O3. The van der Waals surface area contributed by atoms with Gasteiger partial charge in [0.25, 0.3) is 0 Å². The second kappa shape index (κ2) is 12.1. The second-order valence-corrected chi connectivity index (χ2v) is 2.21. The molecule has 0 spiro atoms. The Labute approximate surface area is 102 Å². The minimum absolute atomic E-state index is 0. The van der Waals surface area contributed by atoms with E-state index in [1.165, 1.54) is 0 Å². The summed E-state index contributed by atoms with van der Waals surface area (Å²) < 4.78 is 56.3. The van der Waals surface area contributed by atoms with Crippen LogP contribution < -0.4 is 0 Å². The van der Waals surface area contributed by atoms with Crippen molar-refractivity contribution in [3.8, 4) is 0 Å². The predicted octanol–water partition coefficient (Wildman–Crippen LogP) is 3.41. The van der Waals surface area contributed by atoms with Crippen LogP contribution in [0.2, 0.25) is 0 Å². The molecule has 0 fully saturated rings. The third-order valence-electron chi connectivity index (χ3n) is 1.27. The van der Waals surface area contributed by atoms with Gasteiger partial charge in [-0.2, -0.15) is 17.6 Å². The molecule has 0 aliphatic carbocycles. The van der Waals surface area contributed by atoms with Gasteiger partial charge in [0.15, 0.2) is 0 Å². The van der Waals surface area contributed by atoms with E-state index in [0.29, 0.717) is 7.11 Å². The van der Waals surface area contributed by atoms with E-state index < -0.39 is 25.2 Å². The highest BCUT2D eigenvalue weighted by atomic mass is 19.4. The van der Waals surface area contributed by atoms with Crippen molar-refractivity contribution in [1.29, 1.82) is 0 Å². The third-order valence-corrected chi connectivity index (χ3v) is 1.27. The van der Waals surface area contributed by atoms with Crippen molar-refractivity contribution in [3.05, 3.63) is 0 Å². The Bertz CT molecular complexity index is 153. The quantitative estimate of drug-likeness (QED) is 0.614. The molecule has 112 valence electrons. The van der Waals surface area contributed by atoms with E-state index >= 15 is 0 Å². The number of methoxy groups -OCH3 is 1. The van der Waals surface area contributed by atoms with Crippen molar-refractivity contribution in [2.24, 2.45) is 0 Å². The normalized spacial score (nSPS) is 13.1. The second-order valence-electron chi connectivity index (χ2n) is 2.21. The molecule has 17 heavy (non-hydrogen) atoms. The van der Waals surface area contributed by atoms with Gasteiger partial charge in [-0.05, 0) is 0 Å². The highest BCUT2D eigenvalue weighted by molar-refractivity contribution is 4.76. The Balaban J connectivity index is -0.000000120. The molecule has 1 atom stereocenters. The van der Waals surface area contributed by atoms with Gasteiger partial charge in [-0.3, -0.25) is 0 Å². The number of alkyl halides is 4. The molecule has 0 aromatic rings. The Morgan fingerprint density at radius 1 is 1.00 bits per heavy atom. The Morgan fingerprint density at radius 2 is 1.41 bits per heavy atom. The molecule has 0 aromatic carbocycles. The molecule has 1 unspecified atom stereocenters. The largest absolute Gasteiger partial charge is 0.450 e. The van der Waals surface area contributed by atoms with Gasteiger partial charge >= 0.3 is 12.0 Å². The number of aliphatic hydroxyl groups excluding tert-OH is 1. The van der Waals surface area contributed by atoms with Crippen LogP contribution in [0.15, 0.2) is 0 Å². The predicted molar refractivity (Wildman–Crippen MR) is 61.7 cm³/mol. The van der Waals surface area contributed by atoms with Gasteiger partial charge in [-0.1, -0.05) is 29.7 Å². The van der Waals surface area contributed by atoms with E-state index in [1.807, 2.05) is 0 Å². The molecule has 3 nitrogen and oxygen atoms in total. The Kier molecular flexibility index (Phi) is 21.3. The molecule has 0 amide bonds. The zero-order chi connectivity index (χ0) is 10.5. The maximum atomic E-state index is 12.8. The van der Waals surface area contributed by atoms with Gasteiger partial charge < -0.3 is 14.6 Å². The standard InChI is InChI=1S/C6H10F4O3.4CH4/c1-12-5(7,6(8,9)10)4-13-3-2-11;;;;/h11H,2-4H2,1H3;4*1H4. The highest BCUT2D eigenvalue weighted by Crippen LogP contribution is 2.34. The molecule has 0 saturated carbocycles. The fourth-order valence-corrected chi connectivity index (χ4v) is 0.524. The van der Waals surface area contributed by atoms with E-state index in [0.717, 1.165) is 0 Å². The SMILES string of the molecule is C.C.C.C.COC(F)(COCCO)C(F)(F)F. The average Bonchev–Trinajstić information content (AvgIpc) is 2.02. The highest BCUT2D eigenvalue weighted by Gasteiger charge is 2.57. The first-order valence-electron chi connectivity index (χ1n) is 3.37. The molecule has 7 heteroatoms. The van der Waals surface area contributed by atoms with Crippen LogP contribution in [0.4, 0.5) is 17.6 Å². The van der Waals surface area contributed by atoms with Gasteiger partial charge in [0, 0.05) is 7.11 Å². The minimum Gasteiger partial charge on any atom is -0.394 e. The van der Waals surface area contributed by atoms with Gasteiger partial charge in [0.2, 0.25) is 0 Å². The summed E-state index contributed by atoms with van der Waals surface area (Å²) in [4.78, 5) is 0. The number of rotatable bonds is 5. The lowest BCUT2D eigenvalue weighted by atomic mass is 10.3. The van der Waals surface area contributed by atoms with Crippen LogP contribution in [0, 0.1) is 0 Å². The molecule has 0 rings (SSSR count). The lowest BCUT2D eigenvalue weighted by molar-refractivity contribution is -0.338. The smallest absolute Gasteiger partial charge is 0.394 e. The van der Waals surface area contributed by atoms with E-state index in [1.54, 1.807) is 0 Å². The molecule has 1 N–H and O–H groups in total. The molecule has 0 aliphatic heterocycles. The Hall–Kier alpha value is -0.400. The van der Waals surface area contributed by atoms with Crippen LogP contribution in [-0.2, 0) is 9.47 Å². The van der Waals surface area contributed by atoms with Gasteiger partial charge in [0.1, 0.15) is 6.61 Å². The summed E-state index contributed by atoms with van der Waals surface area (Å²) in [5.41, 5.74) is 0. The molecular weight excluding hydrogens is 244 g/mol. The van der Waals surface area contributed by atoms with E-state index in [2.05, 4.69) is 9.47 Å². The summed E-state index contributed by atoms with van der Waals surface area (Å²) >= 11 is 0. The summed E-state index contributed by atoms with van der Waals surface area (Å²) in [6.07, 6.45) is -5.14.